The highest BCUT2D eigenvalue weighted by Gasteiger charge is 2.42. The number of carbonyl (C=O) groups excluding carboxylic acids is 1. The van der Waals surface area contributed by atoms with E-state index >= 15 is 0 Å². The Morgan fingerprint density at radius 1 is 1.06 bits per heavy atom. The molecule has 5 rings (SSSR count). The lowest BCUT2D eigenvalue weighted by Gasteiger charge is -2.27. The number of amides is 1. The second-order valence-electron chi connectivity index (χ2n) is 8.81. The Morgan fingerprint density at radius 2 is 1.78 bits per heavy atom. The van der Waals surface area contributed by atoms with Gasteiger partial charge in [0.1, 0.15) is 6.54 Å². The molecule has 1 amide bonds. The minimum absolute atomic E-state index is 0.122. The molecule has 8 heteroatoms. The molecule has 1 saturated heterocycles. The van der Waals surface area contributed by atoms with Crippen LogP contribution in [0.25, 0.3) is 5.69 Å². The summed E-state index contributed by atoms with van der Waals surface area (Å²) in [5, 5.41) is 6.96. The summed E-state index contributed by atoms with van der Waals surface area (Å²) < 4.78 is 3.27. The number of thiocarbonyl (C=S) groups is 1. The first kappa shape index (κ1) is 24.2. The third-order valence-corrected chi connectivity index (χ3v) is 7.32. The van der Waals surface area contributed by atoms with Crippen molar-refractivity contribution in [2.75, 3.05) is 11.9 Å². The van der Waals surface area contributed by atoms with Crippen molar-refractivity contribution >= 4 is 44.9 Å². The first-order valence-corrected chi connectivity index (χ1v) is 12.9. The predicted molar refractivity (Wildman–Crippen MR) is 150 cm³/mol. The SMILES string of the molecule is Cc1cc([C@@H]2[C@H](c3ccccn3)NC(=S)N2CC(=O)Nc2ccccc2)c(C)n1-c1ccc(Br)cc1. The minimum atomic E-state index is -0.204. The number of hydrogen-bond donors (Lipinski definition) is 2. The molecular formula is C28H26BrN5OS. The number of para-hydroxylation sites is 1. The van der Waals surface area contributed by atoms with E-state index in [9.17, 15) is 4.79 Å². The Morgan fingerprint density at radius 3 is 2.47 bits per heavy atom. The van der Waals surface area contributed by atoms with Gasteiger partial charge in [0, 0.05) is 33.4 Å². The molecule has 4 aromatic rings. The molecule has 0 saturated carbocycles. The van der Waals surface area contributed by atoms with E-state index in [-0.39, 0.29) is 24.5 Å². The number of pyridine rings is 1. The van der Waals surface area contributed by atoms with Gasteiger partial charge in [0.15, 0.2) is 5.11 Å². The standard InChI is InChI=1S/C28H26BrN5OS/c1-18-16-23(19(2)34(18)22-13-11-20(29)12-14-22)27-26(24-10-6-7-15-30-24)32-28(36)33(27)17-25(35)31-21-8-4-3-5-9-21/h3-16,26-27H,17H2,1-2H3,(H,31,35)(H,32,36)/t26-,27+/m0/s1. The van der Waals surface area contributed by atoms with E-state index in [4.69, 9.17) is 12.2 Å². The topological polar surface area (TPSA) is 62.2 Å². The molecule has 2 N–H and O–H groups in total. The van der Waals surface area contributed by atoms with Crippen LogP contribution in [0, 0.1) is 13.8 Å². The normalized spacial score (nSPS) is 17.2. The van der Waals surface area contributed by atoms with Crippen LogP contribution in [0.15, 0.2) is 89.5 Å². The summed E-state index contributed by atoms with van der Waals surface area (Å²) in [6, 6.07) is 25.4. The number of hydrogen-bond acceptors (Lipinski definition) is 3. The molecule has 1 aliphatic heterocycles. The van der Waals surface area contributed by atoms with E-state index in [2.05, 4.69) is 68.2 Å². The fraction of sp³-hybridized carbons (Fsp3) is 0.179. The van der Waals surface area contributed by atoms with Crippen LogP contribution in [0.5, 0.6) is 0 Å². The highest BCUT2D eigenvalue weighted by molar-refractivity contribution is 9.10. The highest BCUT2D eigenvalue weighted by Crippen LogP contribution is 2.41. The number of carbonyl (C=O) groups is 1. The van der Waals surface area contributed by atoms with Gasteiger partial charge in [-0.15, -0.1) is 0 Å². The lowest BCUT2D eigenvalue weighted by Crippen LogP contribution is -2.37. The van der Waals surface area contributed by atoms with Crippen LogP contribution < -0.4 is 10.6 Å². The first-order valence-electron chi connectivity index (χ1n) is 11.7. The summed E-state index contributed by atoms with van der Waals surface area (Å²) in [6.07, 6.45) is 1.78. The number of nitrogens with zero attached hydrogens (tertiary/aromatic N) is 3. The second-order valence-corrected chi connectivity index (χ2v) is 10.1. The van der Waals surface area contributed by atoms with Gasteiger partial charge in [-0.05, 0) is 86.2 Å². The molecule has 0 radical (unpaired) electrons. The quantitative estimate of drug-likeness (QED) is 0.289. The molecule has 1 aliphatic rings. The van der Waals surface area contributed by atoms with E-state index in [1.54, 1.807) is 6.20 Å². The van der Waals surface area contributed by atoms with Crippen LogP contribution in [0.2, 0.25) is 0 Å². The van der Waals surface area contributed by atoms with Crippen molar-refractivity contribution < 1.29 is 4.79 Å². The maximum atomic E-state index is 13.1. The lowest BCUT2D eigenvalue weighted by molar-refractivity contribution is -0.116. The maximum Gasteiger partial charge on any atom is 0.244 e. The maximum absolute atomic E-state index is 13.1. The summed E-state index contributed by atoms with van der Waals surface area (Å²) in [5.41, 5.74) is 6.02. The summed E-state index contributed by atoms with van der Waals surface area (Å²) in [4.78, 5) is 19.7. The van der Waals surface area contributed by atoms with Gasteiger partial charge in [0.2, 0.25) is 5.91 Å². The number of aromatic nitrogens is 2. The van der Waals surface area contributed by atoms with Gasteiger partial charge in [0.05, 0.1) is 17.8 Å². The zero-order valence-corrected chi connectivity index (χ0v) is 22.4. The number of rotatable bonds is 6. The molecule has 2 atom stereocenters. The Kier molecular flexibility index (Phi) is 6.89. The zero-order chi connectivity index (χ0) is 25.2. The highest BCUT2D eigenvalue weighted by atomic mass is 79.9. The molecule has 0 aliphatic carbocycles. The third-order valence-electron chi connectivity index (χ3n) is 6.44. The third kappa shape index (κ3) is 4.79. The van der Waals surface area contributed by atoms with Gasteiger partial charge in [-0.2, -0.15) is 0 Å². The van der Waals surface area contributed by atoms with E-state index in [1.165, 1.54) is 0 Å². The van der Waals surface area contributed by atoms with E-state index in [1.807, 2.05) is 65.6 Å². The van der Waals surface area contributed by atoms with Crippen molar-refractivity contribution in [3.05, 3.63) is 112 Å². The lowest BCUT2D eigenvalue weighted by atomic mass is 9.96. The van der Waals surface area contributed by atoms with Crippen LogP contribution in [0.1, 0.15) is 34.7 Å². The van der Waals surface area contributed by atoms with Crippen molar-refractivity contribution in [1.29, 1.82) is 0 Å². The molecule has 36 heavy (non-hydrogen) atoms. The van der Waals surface area contributed by atoms with Gasteiger partial charge >= 0.3 is 0 Å². The van der Waals surface area contributed by atoms with E-state index in [0.717, 1.165) is 38.5 Å². The largest absolute Gasteiger partial charge is 0.352 e. The monoisotopic (exact) mass is 559 g/mol. The van der Waals surface area contributed by atoms with Gasteiger partial charge in [-0.1, -0.05) is 40.2 Å². The Labute approximate surface area is 224 Å². The number of aryl methyl sites for hydroxylation is 1. The average Bonchev–Trinajstić information content (AvgIpc) is 3.35. The van der Waals surface area contributed by atoms with Gasteiger partial charge in [-0.25, -0.2) is 0 Å². The first-order chi connectivity index (χ1) is 17.4. The van der Waals surface area contributed by atoms with Crippen LogP contribution in [0.4, 0.5) is 5.69 Å². The number of benzene rings is 2. The fourth-order valence-corrected chi connectivity index (χ4v) is 5.44. The molecule has 1 fully saturated rings. The summed E-state index contributed by atoms with van der Waals surface area (Å²) in [7, 11) is 0. The van der Waals surface area contributed by atoms with Crippen LogP contribution >= 0.6 is 28.1 Å². The molecule has 2 aromatic heterocycles. The number of nitrogens with one attached hydrogen (secondary N) is 2. The zero-order valence-electron chi connectivity index (χ0n) is 20.0. The molecular weight excluding hydrogens is 534 g/mol. The molecule has 6 nitrogen and oxygen atoms in total. The average molecular weight is 561 g/mol. The summed E-state index contributed by atoms with van der Waals surface area (Å²) >= 11 is 9.29. The van der Waals surface area contributed by atoms with Gasteiger partial charge < -0.3 is 20.1 Å². The molecule has 0 spiro atoms. The number of anilines is 1. The number of halogens is 1. The summed E-state index contributed by atoms with van der Waals surface area (Å²) in [5.74, 6) is -0.126. The van der Waals surface area contributed by atoms with Crippen LogP contribution in [-0.2, 0) is 4.79 Å². The van der Waals surface area contributed by atoms with Gasteiger partial charge in [-0.3, -0.25) is 9.78 Å². The minimum Gasteiger partial charge on any atom is -0.352 e. The van der Waals surface area contributed by atoms with Crippen LogP contribution in [-0.4, -0.2) is 32.0 Å². The fourth-order valence-electron chi connectivity index (χ4n) is 4.87. The van der Waals surface area contributed by atoms with Crippen molar-refractivity contribution in [1.82, 2.24) is 19.8 Å². The van der Waals surface area contributed by atoms with Crippen molar-refractivity contribution in [3.8, 4) is 5.69 Å². The Hall–Kier alpha value is -3.49. The smallest absolute Gasteiger partial charge is 0.244 e. The molecule has 2 aromatic carbocycles. The molecule has 0 unspecified atom stereocenters. The molecule has 0 bridgehead atoms. The van der Waals surface area contributed by atoms with Crippen LogP contribution in [0.3, 0.4) is 0 Å². The van der Waals surface area contributed by atoms with Crippen molar-refractivity contribution in [3.63, 3.8) is 0 Å². The molecule has 3 heterocycles. The predicted octanol–water partition coefficient (Wildman–Crippen LogP) is 5.86. The van der Waals surface area contributed by atoms with E-state index < -0.39 is 0 Å². The summed E-state index contributed by atoms with van der Waals surface area (Å²) in [6.45, 7) is 4.33. The van der Waals surface area contributed by atoms with E-state index in [0.29, 0.717) is 5.11 Å². The van der Waals surface area contributed by atoms with Crippen molar-refractivity contribution in [2.45, 2.75) is 25.9 Å². The molecule has 182 valence electrons. The van der Waals surface area contributed by atoms with Gasteiger partial charge in [0.25, 0.3) is 0 Å². The Bertz CT molecular complexity index is 1390. The second kappa shape index (κ2) is 10.2. The Balaban J connectivity index is 1.53. The van der Waals surface area contributed by atoms with Crippen molar-refractivity contribution in [2.24, 2.45) is 0 Å².